The SMILES string of the molecule is CC(C)OC(=O)[C@@]1(F)C(=O)NC(=O)N[C@@H]1O/N=C/c1ccco1. The maximum atomic E-state index is 14.9. The lowest BCUT2D eigenvalue weighted by molar-refractivity contribution is -0.182. The molecule has 2 heterocycles. The van der Waals surface area contributed by atoms with Crippen molar-refractivity contribution in [2.45, 2.75) is 31.8 Å². The number of esters is 1. The van der Waals surface area contributed by atoms with E-state index in [9.17, 15) is 18.8 Å². The molecule has 1 aromatic rings. The number of rotatable bonds is 5. The number of hydrogen-bond acceptors (Lipinski definition) is 7. The van der Waals surface area contributed by atoms with Gasteiger partial charge in [-0.05, 0) is 26.0 Å². The topological polar surface area (TPSA) is 119 Å². The van der Waals surface area contributed by atoms with Gasteiger partial charge in [0.2, 0.25) is 0 Å². The summed E-state index contributed by atoms with van der Waals surface area (Å²) in [6.07, 6.45) is -0.210. The molecule has 124 valence electrons. The molecule has 9 nitrogen and oxygen atoms in total. The van der Waals surface area contributed by atoms with Crippen molar-refractivity contribution in [3.05, 3.63) is 24.2 Å². The van der Waals surface area contributed by atoms with Crippen molar-refractivity contribution in [3.8, 4) is 0 Å². The predicted octanol–water partition coefficient (Wildman–Crippen LogP) is 0.455. The Morgan fingerprint density at radius 1 is 1.52 bits per heavy atom. The molecule has 2 rings (SSSR count). The summed E-state index contributed by atoms with van der Waals surface area (Å²) in [6.45, 7) is 2.96. The predicted molar refractivity (Wildman–Crippen MR) is 72.9 cm³/mol. The Balaban J connectivity index is 2.19. The second-order valence-electron chi connectivity index (χ2n) is 4.83. The number of halogens is 1. The summed E-state index contributed by atoms with van der Waals surface area (Å²) in [5.74, 6) is -2.71. The van der Waals surface area contributed by atoms with E-state index in [-0.39, 0.29) is 5.76 Å². The third kappa shape index (κ3) is 3.47. The number of carbonyl (C=O) groups excluding carboxylic acids is 3. The Morgan fingerprint density at radius 2 is 2.26 bits per heavy atom. The van der Waals surface area contributed by atoms with Crippen molar-refractivity contribution in [3.63, 3.8) is 0 Å². The van der Waals surface area contributed by atoms with Gasteiger partial charge in [-0.2, -0.15) is 0 Å². The van der Waals surface area contributed by atoms with Crippen LogP contribution in [-0.4, -0.2) is 42.1 Å². The molecule has 1 aliphatic heterocycles. The van der Waals surface area contributed by atoms with Crippen LogP contribution in [0.2, 0.25) is 0 Å². The van der Waals surface area contributed by atoms with Crippen LogP contribution in [0.25, 0.3) is 0 Å². The fourth-order valence-corrected chi connectivity index (χ4v) is 1.67. The van der Waals surface area contributed by atoms with Gasteiger partial charge in [-0.3, -0.25) is 15.4 Å². The Labute approximate surface area is 129 Å². The number of carbonyl (C=O) groups is 3. The van der Waals surface area contributed by atoms with E-state index in [0.29, 0.717) is 0 Å². The highest BCUT2D eigenvalue weighted by Crippen LogP contribution is 2.24. The quantitative estimate of drug-likeness (QED) is 0.351. The summed E-state index contributed by atoms with van der Waals surface area (Å²) in [7, 11) is 0. The number of ether oxygens (including phenoxy) is 1. The summed E-state index contributed by atoms with van der Waals surface area (Å²) in [5, 5.41) is 7.00. The fraction of sp³-hybridized carbons (Fsp3) is 0.385. The lowest BCUT2D eigenvalue weighted by atomic mass is 10.0. The van der Waals surface area contributed by atoms with Crippen molar-refractivity contribution < 1.29 is 32.8 Å². The lowest BCUT2D eigenvalue weighted by Gasteiger charge is -2.32. The second kappa shape index (κ2) is 6.46. The van der Waals surface area contributed by atoms with Gasteiger partial charge in [0.05, 0.1) is 12.4 Å². The average molecular weight is 327 g/mol. The Kier molecular flexibility index (Phi) is 4.63. The van der Waals surface area contributed by atoms with Crippen LogP contribution in [0.4, 0.5) is 9.18 Å². The van der Waals surface area contributed by atoms with Crippen molar-refractivity contribution >= 4 is 24.1 Å². The van der Waals surface area contributed by atoms with Gasteiger partial charge < -0.3 is 14.0 Å². The number of imide groups is 1. The smallest absolute Gasteiger partial charge is 0.360 e. The van der Waals surface area contributed by atoms with Crippen molar-refractivity contribution in [1.82, 2.24) is 10.6 Å². The van der Waals surface area contributed by atoms with Crippen LogP contribution < -0.4 is 10.6 Å². The van der Waals surface area contributed by atoms with E-state index >= 15 is 0 Å². The Hall–Kier alpha value is -2.91. The highest BCUT2D eigenvalue weighted by molar-refractivity contribution is 6.14. The number of amides is 3. The van der Waals surface area contributed by atoms with Gasteiger partial charge in [-0.1, -0.05) is 5.16 Å². The molecule has 0 bridgehead atoms. The number of urea groups is 1. The van der Waals surface area contributed by atoms with Gasteiger partial charge in [0.25, 0.3) is 12.1 Å². The van der Waals surface area contributed by atoms with Gasteiger partial charge >= 0.3 is 17.7 Å². The molecule has 1 aliphatic rings. The number of oxime groups is 1. The monoisotopic (exact) mass is 327 g/mol. The molecule has 2 atom stereocenters. The summed E-state index contributed by atoms with van der Waals surface area (Å²) < 4.78 is 24.5. The summed E-state index contributed by atoms with van der Waals surface area (Å²) >= 11 is 0. The van der Waals surface area contributed by atoms with Crippen LogP contribution in [0.3, 0.4) is 0 Å². The van der Waals surface area contributed by atoms with Crippen molar-refractivity contribution in [1.29, 1.82) is 0 Å². The third-order valence-corrected chi connectivity index (χ3v) is 2.71. The van der Waals surface area contributed by atoms with E-state index in [1.165, 1.54) is 26.2 Å². The van der Waals surface area contributed by atoms with E-state index < -0.39 is 35.9 Å². The molecule has 2 N–H and O–H groups in total. The van der Waals surface area contributed by atoms with E-state index in [2.05, 4.69) is 5.16 Å². The Bertz CT molecular complexity index is 630. The molecule has 0 spiro atoms. The van der Waals surface area contributed by atoms with Gasteiger partial charge in [0.1, 0.15) is 12.0 Å². The molecular formula is C13H14FN3O6. The normalized spacial score (nSPS) is 24.4. The molecule has 1 saturated heterocycles. The van der Waals surface area contributed by atoms with Crippen LogP contribution >= 0.6 is 0 Å². The van der Waals surface area contributed by atoms with Crippen LogP contribution in [0.5, 0.6) is 0 Å². The van der Waals surface area contributed by atoms with E-state index in [1.54, 1.807) is 11.4 Å². The van der Waals surface area contributed by atoms with Crippen LogP contribution in [-0.2, 0) is 19.2 Å². The maximum absolute atomic E-state index is 14.9. The molecule has 3 amide bonds. The van der Waals surface area contributed by atoms with Gasteiger partial charge in [-0.15, -0.1) is 0 Å². The Morgan fingerprint density at radius 3 is 2.87 bits per heavy atom. The largest absolute Gasteiger partial charge is 0.463 e. The van der Waals surface area contributed by atoms with Gasteiger partial charge in [0, 0.05) is 0 Å². The van der Waals surface area contributed by atoms with Crippen LogP contribution in [0, 0.1) is 0 Å². The molecule has 0 unspecified atom stereocenters. The van der Waals surface area contributed by atoms with Gasteiger partial charge in [0.15, 0.2) is 0 Å². The molecule has 0 radical (unpaired) electrons. The number of alkyl halides is 1. The fourth-order valence-electron chi connectivity index (χ4n) is 1.67. The van der Waals surface area contributed by atoms with Crippen LogP contribution in [0.15, 0.2) is 28.0 Å². The molecule has 0 aromatic carbocycles. The van der Waals surface area contributed by atoms with E-state index in [0.717, 1.165) is 6.21 Å². The first kappa shape index (κ1) is 16.5. The second-order valence-corrected chi connectivity index (χ2v) is 4.83. The van der Waals surface area contributed by atoms with Crippen LogP contribution in [0.1, 0.15) is 19.6 Å². The number of furan rings is 1. The standard InChI is InChI=1S/C13H14FN3O6/c1-7(2)22-11(19)13(14)9(18)16-12(20)17-10(13)23-15-6-8-4-3-5-21-8/h3-7,10H,1-2H3,(H2,16,17,18,20)/b15-6+/t10-,13-/m1/s1. The maximum Gasteiger partial charge on any atom is 0.360 e. The first-order valence-electron chi connectivity index (χ1n) is 6.58. The van der Waals surface area contributed by atoms with E-state index in [1.807, 2.05) is 5.32 Å². The lowest BCUT2D eigenvalue weighted by Crippen LogP contribution is -2.70. The van der Waals surface area contributed by atoms with Crippen molar-refractivity contribution in [2.75, 3.05) is 0 Å². The minimum atomic E-state index is -3.28. The summed E-state index contributed by atoms with van der Waals surface area (Å²) in [5.41, 5.74) is -3.28. The molecule has 10 heteroatoms. The number of nitrogens with zero attached hydrogens (tertiary/aromatic N) is 1. The highest BCUT2D eigenvalue weighted by atomic mass is 19.1. The number of hydrogen-bond donors (Lipinski definition) is 2. The minimum Gasteiger partial charge on any atom is -0.463 e. The molecule has 0 aliphatic carbocycles. The molecule has 0 saturated carbocycles. The highest BCUT2D eigenvalue weighted by Gasteiger charge is 2.61. The first-order valence-corrected chi connectivity index (χ1v) is 6.58. The molecule has 1 fully saturated rings. The summed E-state index contributed by atoms with van der Waals surface area (Å²) in [4.78, 5) is 39.7. The third-order valence-electron chi connectivity index (χ3n) is 2.71. The average Bonchev–Trinajstić information content (AvgIpc) is 2.96. The molecular weight excluding hydrogens is 313 g/mol. The first-order chi connectivity index (χ1) is 10.8. The van der Waals surface area contributed by atoms with E-state index in [4.69, 9.17) is 14.0 Å². The number of nitrogens with one attached hydrogen (secondary N) is 2. The molecule has 1 aromatic heterocycles. The zero-order valence-corrected chi connectivity index (χ0v) is 12.2. The zero-order chi connectivity index (χ0) is 17.0. The summed E-state index contributed by atoms with van der Waals surface area (Å²) in [6, 6.07) is 2.09. The van der Waals surface area contributed by atoms with Crippen molar-refractivity contribution in [2.24, 2.45) is 5.16 Å². The minimum absolute atomic E-state index is 0.283. The zero-order valence-electron chi connectivity index (χ0n) is 12.2. The van der Waals surface area contributed by atoms with Gasteiger partial charge in [-0.25, -0.2) is 14.0 Å². The molecule has 23 heavy (non-hydrogen) atoms.